The molecule has 0 fully saturated rings. The molecule has 0 aliphatic rings. The van der Waals surface area contributed by atoms with E-state index in [2.05, 4.69) is 15.3 Å². The third kappa shape index (κ3) is 3.16. The summed E-state index contributed by atoms with van der Waals surface area (Å²) in [5.41, 5.74) is 6.52. The number of rotatable bonds is 4. The summed E-state index contributed by atoms with van der Waals surface area (Å²) in [6.07, 6.45) is 3.01. The lowest BCUT2D eigenvalue weighted by molar-refractivity contribution is 0.104. The quantitative estimate of drug-likeness (QED) is 0.716. The van der Waals surface area contributed by atoms with Crippen LogP contribution in [0, 0.1) is 11.6 Å². The first-order valence-electron chi connectivity index (χ1n) is 6.47. The number of nitrogens with two attached hydrogens (primary N) is 1. The van der Waals surface area contributed by atoms with Gasteiger partial charge in [0, 0.05) is 29.7 Å². The number of hydrogen-bond acceptors (Lipinski definition) is 6. The smallest absolute Gasteiger partial charge is 0.206 e. The first kappa shape index (κ1) is 15.0. The van der Waals surface area contributed by atoms with Gasteiger partial charge in [-0.05, 0) is 24.3 Å². The maximum Gasteiger partial charge on any atom is 0.206 e. The van der Waals surface area contributed by atoms with Gasteiger partial charge in [0.1, 0.15) is 10.7 Å². The molecule has 2 aromatic heterocycles. The van der Waals surface area contributed by atoms with Crippen molar-refractivity contribution in [2.24, 2.45) is 0 Å². The zero-order valence-corrected chi connectivity index (χ0v) is 12.4. The Bertz CT molecular complexity index is 867. The van der Waals surface area contributed by atoms with Gasteiger partial charge in [0.2, 0.25) is 5.78 Å². The number of thiazole rings is 1. The maximum atomic E-state index is 13.2. The molecule has 0 atom stereocenters. The standard InChI is InChI=1S/C15H10F2N4OS/c16-10-2-1-9(7-11(10)17)20-15-21-14(18)13(23-15)12(22)8-3-5-19-6-4-8/h1-7H,18H2,(H,20,21). The van der Waals surface area contributed by atoms with Crippen LogP contribution in [0.5, 0.6) is 0 Å². The van der Waals surface area contributed by atoms with E-state index in [1.165, 1.54) is 18.5 Å². The molecule has 5 nitrogen and oxygen atoms in total. The first-order chi connectivity index (χ1) is 11.0. The van der Waals surface area contributed by atoms with Crippen LogP contribution < -0.4 is 11.1 Å². The summed E-state index contributed by atoms with van der Waals surface area (Å²) in [4.78, 5) is 20.5. The molecule has 0 saturated carbocycles. The third-order valence-electron chi connectivity index (χ3n) is 2.97. The van der Waals surface area contributed by atoms with Crippen LogP contribution in [-0.2, 0) is 0 Å². The van der Waals surface area contributed by atoms with E-state index < -0.39 is 11.6 Å². The zero-order valence-electron chi connectivity index (χ0n) is 11.6. The van der Waals surface area contributed by atoms with E-state index in [1.54, 1.807) is 12.1 Å². The predicted molar refractivity (Wildman–Crippen MR) is 83.8 cm³/mol. The first-order valence-corrected chi connectivity index (χ1v) is 7.29. The monoisotopic (exact) mass is 332 g/mol. The maximum absolute atomic E-state index is 13.2. The van der Waals surface area contributed by atoms with E-state index >= 15 is 0 Å². The number of aromatic nitrogens is 2. The van der Waals surface area contributed by atoms with Gasteiger partial charge >= 0.3 is 0 Å². The summed E-state index contributed by atoms with van der Waals surface area (Å²) < 4.78 is 26.1. The van der Waals surface area contributed by atoms with Crippen LogP contribution in [0.15, 0.2) is 42.7 Å². The van der Waals surface area contributed by atoms with Crippen LogP contribution in [0.1, 0.15) is 15.2 Å². The lowest BCUT2D eigenvalue weighted by atomic mass is 10.1. The number of anilines is 3. The molecule has 0 aliphatic carbocycles. The van der Waals surface area contributed by atoms with Gasteiger partial charge in [-0.25, -0.2) is 13.8 Å². The van der Waals surface area contributed by atoms with E-state index in [4.69, 9.17) is 5.73 Å². The molecule has 3 N–H and O–H groups in total. The van der Waals surface area contributed by atoms with Gasteiger partial charge in [0.05, 0.1) is 0 Å². The van der Waals surface area contributed by atoms with Crippen molar-refractivity contribution in [3.8, 4) is 0 Å². The Morgan fingerprint density at radius 1 is 1.13 bits per heavy atom. The molecule has 23 heavy (non-hydrogen) atoms. The highest BCUT2D eigenvalue weighted by molar-refractivity contribution is 7.18. The number of nitrogens with zero attached hydrogens (tertiary/aromatic N) is 2. The molecular formula is C15H10F2N4OS. The minimum absolute atomic E-state index is 0.0712. The SMILES string of the molecule is Nc1nc(Nc2ccc(F)c(F)c2)sc1C(=O)c1ccncc1. The highest BCUT2D eigenvalue weighted by Crippen LogP contribution is 2.29. The van der Waals surface area contributed by atoms with Crippen molar-refractivity contribution >= 4 is 33.8 Å². The van der Waals surface area contributed by atoms with Crippen molar-refractivity contribution in [2.45, 2.75) is 0 Å². The Balaban J connectivity index is 1.86. The van der Waals surface area contributed by atoms with Crippen molar-refractivity contribution < 1.29 is 13.6 Å². The van der Waals surface area contributed by atoms with Gasteiger partial charge in [0.15, 0.2) is 16.8 Å². The highest BCUT2D eigenvalue weighted by atomic mass is 32.1. The van der Waals surface area contributed by atoms with Crippen LogP contribution in [0.25, 0.3) is 0 Å². The van der Waals surface area contributed by atoms with Crippen molar-refractivity contribution in [3.05, 3.63) is 64.8 Å². The number of ketones is 1. The molecule has 0 bridgehead atoms. The number of hydrogen-bond donors (Lipinski definition) is 2. The van der Waals surface area contributed by atoms with E-state index in [0.29, 0.717) is 16.4 Å². The van der Waals surface area contributed by atoms with Crippen LogP contribution in [-0.4, -0.2) is 15.8 Å². The summed E-state index contributed by atoms with van der Waals surface area (Å²) in [7, 11) is 0. The highest BCUT2D eigenvalue weighted by Gasteiger charge is 2.18. The number of pyridine rings is 1. The normalized spacial score (nSPS) is 10.5. The Morgan fingerprint density at radius 2 is 1.87 bits per heavy atom. The molecule has 0 spiro atoms. The van der Waals surface area contributed by atoms with Gasteiger partial charge in [-0.3, -0.25) is 9.78 Å². The second-order valence-electron chi connectivity index (χ2n) is 4.55. The molecule has 0 saturated heterocycles. The number of carbonyl (C=O) groups excluding carboxylic acids is 1. The number of halogens is 2. The Labute approximate surface area is 133 Å². The van der Waals surface area contributed by atoms with Gasteiger partial charge < -0.3 is 11.1 Å². The average molecular weight is 332 g/mol. The number of carbonyl (C=O) groups is 1. The Morgan fingerprint density at radius 3 is 2.57 bits per heavy atom. The molecule has 8 heteroatoms. The van der Waals surface area contributed by atoms with Gasteiger partial charge in [-0.2, -0.15) is 0 Å². The fourth-order valence-electron chi connectivity index (χ4n) is 1.88. The molecule has 0 unspecified atom stereocenters. The minimum atomic E-state index is -0.979. The second-order valence-corrected chi connectivity index (χ2v) is 5.55. The van der Waals surface area contributed by atoms with Crippen LogP contribution in [0.4, 0.5) is 25.4 Å². The lowest BCUT2D eigenvalue weighted by Gasteiger charge is -2.02. The second kappa shape index (κ2) is 6.09. The predicted octanol–water partition coefficient (Wildman–Crippen LogP) is 3.37. The van der Waals surface area contributed by atoms with E-state index in [9.17, 15) is 13.6 Å². The molecule has 0 amide bonds. The van der Waals surface area contributed by atoms with E-state index in [-0.39, 0.29) is 16.5 Å². The largest absolute Gasteiger partial charge is 0.382 e. The van der Waals surface area contributed by atoms with Crippen molar-refractivity contribution in [3.63, 3.8) is 0 Å². The minimum Gasteiger partial charge on any atom is -0.382 e. The Hall–Kier alpha value is -2.87. The summed E-state index contributed by atoms with van der Waals surface area (Å²) >= 11 is 1.03. The summed E-state index contributed by atoms with van der Waals surface area (Å²) in [5.74, 6) is -2.13. The van der Waals surface area contributed by atoms with Gasteiger partial charge in [-0.1, -0.05) is 11.3 Å². The third-order valence-corrected chi connectivity index (χ3v) is 3.96. The Kier molecular flexibility index (Phi) is 3.98. The molecular weight excluding hydrogens is 322 g/mol. The molecule has 3 aromatic rings. The average Bonchev–Trinajstić information content (AvgIpc) is 2.91. The fraction of sp³-hybridized carbons (Fsp3) is 0. The zero-order chi connectivity index (χ0) is 16.4. The topological polar surface area (TPSA) is 80.9 Å². The van der Waals surface area contributed by atoms with Crippen LogP contribution in [0.3, 0.4) is 0 Å². The van der Waals surface area contributed by atoms with E-state index in [1.807, 2.05) is 0 Å². The molecule has 1 aromatic carbocycles. The van der Waals surface area contributed by atoms with Crippen molar-refractivity contribution in [1.29, 1.82) is 0 Å². The van der Waals surface area contributed by atoms with E-state index in [0.717, 1.165) is 23.5 Å². The molecule has 3 rings (SSSR count). The summed E-state index contributed by atoms with van der Waals surface area (Å²) in [6, 6.07) is 6.50. The molecule has 0 radical (unpaired) electrons. The van der Waals surface area contributed by atoms with Gasteiger partial charge in [-0.15, -0.1) is 0 Å². The number of benzene rings is 1. The lowest BCUT2D eigenvalue weighted by Crippen LogP contribution is -2.02. The van der Waals surface area contributed by atoms with Crippen molar-refractivity contribution in [2.75, 3.05) is 11.1 Å². The van der Waals surface area contributed by atoms with Crippen LogP contribution >= 0.6 is 11.3 Å². The number of nitrogen functional groups attached to an aromatic ring is 1. The summed E-state index contributed by atoms with van der Waals surface area (Å²) in [5, 5.41) is 3.11. The number of nitrogens with one attached hydrogen (secondary N) is 1. The summed E-state index contributed by atoms with van der Waals surface area (Å²) in [6.45, 7) is 0. The van der Waals surface area contributed by atoms with Crippen LogP contribution in [0.2, 0.25) is 0 Å². The fourth-order valence-corrected chi connectivity index (χ4v) is 2.75. The van der Waals surface area contributed by atoms with Crippen molar-refractivity contribution in [1.82, 2.24) is 9.97 Å². The molecule has 2 heterocycles. The molecule has 0 aliphatic heterocycles. The molecule has 116 valence electrons. The van der Waals surface area contributed by atoms with Gasteiger partial charge in [0.25, 0.3) is 0 Å².